The average molecular weight is 295 g/mol. The average Bonchev–Trinajstić information content (AvgIpc) is 2.72. The highest BCUT2D eigenvalue weighted by Crippen LogP contribution is 2.11. The Morgan fingerprint density at radius 1 is 1.53 bits per heavy atom. The largest absolute Gasteiger partial charge is 0.438 e. The van der Waals surface area contributed by atoms with Gasteiger partial charge in [-0.1, -0.05) is 28.1 Å². The summed E-state index contributed by atoms with van der Waals surface area (Å²) in [4.78, 5) is 15.6. The van der Waals surface area contributed by atoms with E-state index in [1.54, 1.807) is 6.92 Å². The van der Waals surface area contributed by atoms with Crippen LogP contribution in [0.2, 0.25) is 0 Å². The smallest absolute Gasteiger partial charge is 0.289 e. The third kappa shape index (κ3) is 2.94. The highest BCUT2D eigenvalue weighted by Gasteiger charge is 2.12. The van der Waals surface area contributed by atoms with Crippen LogP contribution >= 0.6 is 15.9 Å². The molecule has 17 heavy (non-hydrogen) atoms. The normalized spacial score (nSPS) is 10.2. The van der Waals surface area contributed by atoms with Gasteiger partial charge in [0.1, 0.15) is 0 Å². The molecule has 0 spiro atoms. The van der Waals surface area contributed by atoms with Gasteiger partial charge >= 0.3 is 0 Å². The highest BCUT2D eigenvalue weighted by molar-refractivity contribution is 9.10. The van der Waals surface area contributed by atoms with E-state index in [4.69, 9.17) is 4.42 Å². The number of nitrogens with one attached hydrogen (secondary N) is 1. The lowest BCUT2D eigenvalue weighted by molar-refractivity contribution is 0.0922. The first kappa shape index (κ1) is 11.9. The topological polar surface area (TPSA) is 55.1 Å². The molecule has 0 radical (unpaired) electrons. The van der Waals surface area contributed by atoms with Gasteiger partial charge in [-0.05, 0) is 24.6 Å². The molecule has 0 fully saturated rings. The van der Waals surface area contributed by atoms with Gasteiger partial charge in [-0.25, -0.2) is 4.98 Å². The fourth-order valence-electron chi connectivity index (χ4n) is 1.43. The molecule has 0 aliphatic carbocycles. The second kappa shape index (κ2) is 5.14. The molecule has 4 nitrogen and oxygen atoms in total. The van der Waals surface area contributed by atoms with Crippen molar-refractivity contribution in [3.05, 3.63) is 52.1 Å². The van der Waals surface area contributed by atoms with Crippen molar-refractivity contribution in [3.8, 4) is 0 Å². The van der Waals surface area contributed by atoms with Crippen molar-refractivity contribution in [1.82, 2.24) is 10.3 Å². The van der Waals surface area contributed by atoms with Crippen molar-refractivity contribution in [2.75, 3.05) is 0 Å². The Bertz CT molecular complexity index is 537. The van der Waals surface area contributed by atoms with E-state index < -0.39 is 0 Å². The van der Waals surface area contributed by atoms with Crippen LogP contribution in [0.1, 0.15) is 21.8 Å². The number of nitrogens with zero attached hydrogens (tertiary/aromatic N) is 1. The standard InChI is InChI=1S/C12H11BrN2O2/c1-8-11(17-7-15-8)12(16)14-6-9-3-2-4-10(13)5-9/h2-5,7H,6H2,1H3,(H,14,16). The summed E-state index contributed by atoms with van der Waals surface area (Å²) in [7, 11) is 0. The second-order valence-electron chi connectivity index (χ2n) is 3.58. The molecule has 0 aliphatic heterocycles. The van der Waals surface area contributed by atoms with E-state index in [-0.39, 0.29) is 11.7 Å². The van der Waals surface area contributed by atoms with Crippen LogP contribution in [0.5, 0.6) is 0 Å². The van der Waals surface area contributed by atoms with E-state index in [0.29, 0.717) is 12.2 Å². The summed E-state index contributed by atoms with van der Waals surface area (Å²) in [6, 6.07) is 7.75. The van der Waals surface area contributed by atoms with Gasteiger partial charge in [-0.3, -0.25) is 4.79 Å². The van der Waals surface area contributed by atoms with Gasteiger partial charge in [0.05, 0.1) is 5.69 Å². The molecule has 2 aromatic rings. The van der Waals surface area contributed by atoms with Crippen molar-refractivity contribution in [2.45, 2.75) is 13.5 Å². The molecule has 5 heteroatoms. The first-order valence-corrected chi connectivity index (χ1v) is 5.89. The van der Waals surface area contributed by atoms with Gasteiger partial charge in [0, 0.05) is 11.0 Å². The van der Waals surface area contributed by atoms with Crippen LogP contribution in [0.4, 0.5) is 0 Å². The number of amides is 1. The summed E-state index contributed by atoms with van der Waals surface area (Å²) in [5.74, 6) is 0.0139. The molecule has 0 saturated heterocycles. The Morgan fingerprint density at radius 2 is 2.35 bits per heavy atom. The molecule has 1 aromatic heterocycles. The van der Waals surface area contributed by atoms with Crippen molar-refractivity contribution < 1.29 is 9.21 Å². The Labute approximate surface area is 107 Å². The minimum absolute atomic E-state index is 0.250. The Kier molecular flexibility index (Phi) is 3.58. The zero-order chi connectivity index (χ0) is 12.3. The molecule has 1 heterocycles. The first-order valence-electron chi connectivity index (χ1n) is 5.09. The van der Waals surface area contributed by atoms with Gasteiger partial charge < -0.3 is 9.73 Å². The summed E-state index contributed by atoms with van der Waals surface area (Å²) in [6.45, 7) is 2.19. The number of aryl methyl sites for hydroxylation is 1. The predicted molar refractivity (Wildman–Crippen MR) is 66.6 cm³/mol. The van der Waals surface area contributed by atoms with Crippen LogP contribution < -0.4 is 5.32 Å². The predicted octanol–water partition coefficient (Wildman–Crippen LogP) is 2.68. The van der Waals surface area contributed by atoms with E-state index in [9.17, 15) is 4.79 Å². The lowest BCUT2D eigenvalue weighted by atomic mass is 10.2. The molecule has 2 rings (SSSR count). The van der Waals surface area contributed by atoms with E-state index in [1.807, 2.05) is 24.3 Å². The van der Waals surface area contributed by atoms with Crippen molar-refractivity contribution >= 4 is 21.8 Å². The molecule has 0 bridgehead atoms. The third-order valence-corrected chi connectivity index (χ3v) is 2.79. The van der Waals surface area contributed by atoms with E-state index in [1.165, 1.54) is 6.39 Å². The molecule has 1 N–H and O–H groups in total. The van der Waals surface area contributed by atoms with Gasteiger partial charge in [-0.15, -0.1) is 0 Å². The zero-order valence-corrected chi connectivity index (χ0v) is 10.8. The fraction of sp³-hybridized carbons (Fsp3) is 0.167. The summed E-state index contributed by atoms with van der Waals surface area (Å²) in [6.07, 6.45) is 1.27. The molecule has 0 unspecified atom stereocenters. The number of hydrogen-bond acceptors (Lipinski definition) is 3. The number of carbonyl (C=O) groups is 1. The molecule has 0 aliphatic rings. The molecule has 0 saturated carbocycles. The minimum Gasteiger partial charge on any atom is -0.438 e. The Hall–Kier alpha value is -1.62. The fourth-order valence-corrected chi connectivity index (χ4v) is 1.88. The van der Waals surface area contributed by atoms with Crippen molar-refractivity contribution in [1.29, 1.82) is 0 Å². The minimum atomic E-state index is -0.250. The van der Waals surface area contributed by atoms with E-state index >= 15 is 0 Å². The molecule has 1 aromatic carbocycles. The van der Waals surface area contributed by atoms with Crippen molar-refractivity contribution in [3.63, 3.8) is 0 Å². The maximum atomic E-state index is 11.7. The zero-order valence-electron chi connectivity index (χ0n) is 9.24. The van der Waals surface area contributed by atoms with Crippen LogP contribution in [0.3, 0.4) is 0 Å². The monoisotopic (exact) mass is 294 g/mol. The van der Waals surface area contributed by atoms with Crippen LogP contribution in [0, 0.1) is 6.92 Å². The van der Waals surface area contributed by atoms with Crippen LogP contribution in [-0.2, 0) is 6.54 Å². The van der Waals surface area contributed by atoms with E-state index in [2.05, 4.69) is 26.2 Å². The van der Waals surface area contributed by atoms with Gasteiger partial charge in [0.15, 0.2) is 6.39 Å². The molecular weight excluding hydrogens is 284 g/mol. The Balaban J connectivity index is 1.99. The number of carbonyl (C=O) groups excluding carboxylic acids is 1. The summed E-state index contributed by atoms with van der Waals surface area (Å²) >= 11 is 3.38. The lowest BCUT2D eigenvalue weighted by Crippen LogP contribution is -2.23. The maximum Gasteiger partial charge on any atom is 0.289 e. The maximum absolute atomic E-state index is 11.7. The number of hydrogen-bond donors (Lipinski definition) is 1. The van der Waals surface area contributed by atoms with Crippen LogP contribution in [0.25, 0.3) is 0 Å². The summed E-state index contributed by atoms with van der Waals surface area (Å²) < 4.78 is 5.99. The van der Waals surface area contributed by atoms with Crippen LogP contribution in [0.15, 0.2) is 39.5 Å². The lowest BCUT2D eigenvalue weighted by Gasteiger charge is -2.04. The summed E-state index contributed by atoms with van der Waals surface area (Å²) in [5, 5.41) is 2.78. The second-order valence-corrected chi connectivity index (χ2v) is 4.50. The molecule has 0 atom stereocenters. The summed E-state index contributed by atoms with van der Waals surface area (Å²) in [5.41, 5.74) is 1.61. The Morgan fingerprint density at radius 3 is 3.00 bits per heavy atom. The number of rotatable bonds is 3. The van der Waals surface area contributed by atoms with Gasteiger partial charge in [0.2, 0.25) is 5.76 Å². The number of aromatic nitrogens is 1. The molecular formula is C12H11BrN2O2. The number of benzene rings is 1. The SMILES string of the molecule is Cc1ncoc1C(=O)NCc1cccc(Br)c1. The van der Waals surface area contributed by atoms with Gasteiger partial charge in [-0.2, -0.15) is 0 Å². The van der Waals surface area contributed by atoms with E-state index in [0.717, 1.165) is 10.0 Å². The third-order valence-electron chi connectivity index (χ3n) is 2.29. The number of halogens is 1. The van der Waals surface area contributed by atoms with Gasteiger partial charge in [0.25, 0.3) is 5.91 Å². The van der Waals surface area contributed by atoms with Crippen LogP contribution in [-0.4, -0.2) is 10.9 Å². The molecule has 88 valence electrons. The first-order chi connectivity index (χ1) is 8.16. The highest BCUT2D eigenvalue weighted by atomic mass is 79.9. The number of oxazole rings is 1. The molecule has 1 amide bonds. The van der Waals surface area contributed by atoms with Crippen molar-refractivity contribution in [2.24, 2.45) is 0 Å². The quantitative estimate of drug-likeness (QED) is 0.947.